The number of aliphatic hydroxyl groups is 2. The Morgan fingerprint density at radius 1 is 1.00 bits per heavy atom. The van der Waals surface area contributed by atoms with Crippen molar-refractivity contribution in [3.8, 4) is 0 Å². The van der Waals surface area contributed by atoms with Crippen LogP contribution in [0.4, 0.5) is 0 Å². The number of carbonyl (C=O) groups excluding carboxylic acids is 1. The Morgan fingerprint density at radius 3 is 2.14 bits per heavy atom. The summed E-state index contributed by atoms with van der Waals surface area (Å²) in [6.45, 7) is 2.94. The van der Waals surface area contributed by atoms with Crippen LogP contribution in [0.25, 0.3) is 0 Å². The van der Waals surface area contributed by atoms with Gasteiger partial charge in [-0.05, 0) is 25.7 Å². The molecule has 3 N–H and O–H groups in total. The maximum absolute atomic E-state index is 12.9. The average Bonchev–Trinajstić information content (AvgIpc) is 3.18. The smallest absolute Gasteiger partial charge is 0.267 e. The van der Waals surface area contributed by atoms with Gasteiger partial charge in [0, 0.05) is 6.42 Å². The number of ketones is 1. The molecule has 8 nitrogen and oxygen atoms in total. The summed E-state index contributed by atoms with van der Waals surface area (Å²) < 4.78 is 31.2. The van der Waals surface area contributed by atoms with Gasteiger partial charge >= 0.3 is 0 Å². The van der Waals surface area contributed by atoms with Gasteiger partial charge < -0.3 is 10.2 Å². The zero-order valence-corrected chi connectivity index (χ0v) is 22.6. The Labute approximate surface area is 212 Å². The normalized spacial score (nSPS) is 19.4. The van der Waals surface area contributed by atoms with Gasteiger partial charge in [0.25, 0.3) is 16.0 Å². The number of aliphatic hydroxyl groups excluding tert-OH is 2. The standard InChI is InChI=1S/C26H48N2O6S/c1-2-3-4-5-6-7-8-9-10-11-12-13-14-15-16-17-25(31)26-27-18-19-28(26,20-21-29)22-24(30)23-35(32,33)34/h4-5,24,29-30H,2-3,6-23H2,1H3/p+1/b5-4+. The van der Waals surface area contributed by atoms with Crippen LogP contribution in [0.2, 0.25) is 0 Å². The van der Waals surface area contributed by atoms with Crippen molar-refractivity contribution in [2.24, 2.45) is 4.99 Å². The summed E-state index contributed by atoms with van der Waals surface area (Å²) in [5, 5.41) is 19.7. The topological polar surface area (TPSA) is 124 Å². The first-order valence-electron chi connectivity index (χ1n) is 13.6. The first kappa shape index (κ1) is 31.9. The lowest BCUT2D eigenvalue weighted by Crippen LogP contribution is -2.59. The maximum atomic E-state index is 12.9. The summed E-state index contributed by atoms with van der Waals surface area (Å²) in [6, 6.07) is 0. The van der Waals surface area contributed by atoms with Crippen molar-refractivity contribution in [2.75, 3.05) is 38.5 Å². The van der Waals surface area contributed by atoms with Crippen molar-refractivity contribution in [3.63, 3.8) is 0 Å². The van der Waals surface area contributed by atoms with E-state index >= 15 is 0 Å². The number of quaternary nitrogens is 1. The largest absolute Gasteiger partial charge is 0.390 e. The Hall–Kier alpha value is -1.13. The van der Waals surface area contributed by atoms with Crippen LogP contribution in [-0.4, -0.2) is 83.9 Å². The highest BCUT2D eigenvalue weighted by Gasteiger charge is 2.43. The molecule has 9 heteroatoms. The van der Waals surface area contributed by atoms with Gasteiger partial charge in [0.15, 0.2) is 0 Å². The zero-order valence-electron chi connectivity index (χ0n) is 21.7. The second kappa shape index (κ2) is 18.2. The molecule has 2 unspecified atom stereocenters. The van der Waals surface area contributed by atoms with Gasteiger partial charge in [-0.15, -0.1) is 0 Å². The summed E-state index contributed by atoms with van der Waals surface area (Å²) in [4.78, 5) is 17.2. The van der Waals surface area contributed by atoms with E-state index in [4.69, 9.17) is 4.55 Å². The molecular formula is C26H49N2O6S+. The lowest BCUT2D eigenvalue weighted by Gasteiger charge is -2.34. The van der Waals surface area contributed by atoms with E-state index in [9.17, 15) is 23.4 Å². The van der Waals surface area contributed by atoms with Gasteiger partial charge in [0.2, 0.25) is 5.78 Å². The van der Waals surface area contributed by atoms with Gasteiger partial charge in [0.05, 0.1) is 13.2 Å². The number of rotatable bonds is 22. The molecule has 1 aliphatic rings. The first-order valence-corrected chi connectivity index (χ1v) is 15.2. The predicted molar refractivity (Wildman–Crippen MR) is 141 cm³/mol. The Balaban J connectivity index is 2.22. The Morgan fingerprint density at radius 2 is 1.57 bits per heavy atom. The van der Waals surface area contributed by atoms with E-state index in [0.29, 0.717) is 25.3 Å². The number of aliphatic imine (C=N–C) groups is 1. The first-order chi connectivity index (χ1) is 16.7. The molecule has 0 aromatic carbocycles. The molecule has 35 heavy (non-hydrogen) atoms. The van der Waals surface area contributed by atoms with Crippen molar-refractivity contribution >= 4 is 21.7 Å². The minimum absolute atomic E-state index is 0.0267. The number of carbonyl (C=O) groups is 1. The van der Waals surface area contributed by atoms with Crippen LogP contribution in [0.3, 0.4) is 0 Å². The monoisotopic (exact) mass is 517 g/mol. The Bertz CT molecular complexity index is 753. The third kappa shape index (κ3) is 14.3. The molecule has 0 amide bonds. The van der Waals surface area contributed by atoms with E-state index in [1.807, 2.05) is 0 Å². The molecular weight excluding hydrogens is 468 g/mol. The van der Waals surface area contributed by atoms with E-state index < -0.39 is 22.0 Å². The number of hydrogen-bond donors (Lipinski definition) is 3. The van der Waals surface area contributed by atoms with E-state index in [2.05, 4.69) is 24.1 Å². The predicted octanol–water partition coefficient (Wildman–Crippen LogP) is 4.06. The number of Topliss-reactive ketones (excluding diaryl/α,β-unsaturated/α-hetero) is 1. The van der Waals surface area contributed by atoms with Crippen molar-refractivity contribution in [1.82, 2.24) is 0 Å². The van der Waals surface area contributed by atoms with Crippen LogP contribution in [0.5, 0.6) is 0 Å². The molecule has 204 valence electrons. The van der Waals surface area contributed by atoms with Crippen molar-refractivity contribution < 1.29 is 32.5 Å². The summed E-state index contributed by atoms with van der Waals surface area (Å²) in [5.74, 6) is -0.579. The van der Waals surface area contributed by atoms with Gasteiger partial charge in [-0.2, -0.15) is 8.42 Å². The highest BCUT2D eigenvalue weighted by atomic mass is 32.2. The molecule has 0 aromatic heterocycles. The number of nitrogens with zero attached hydrogens (tertiary/aromatic N) is 2. The minimum atomic E-state index is -4.33. The summed E-state index contributed by atoms with van der Waals surface area (Å²) in [7, 11) is -4.33. The van der Waals surface area contributed by atoms with Gasteiger partial charge in [-0.25, -0.2) is 4.99 Å². The second-order valence-electron chi connectivity index (χ2n) is 9.86. The zero-order chi connectivity index (χ0) is 26.0. The summed E-state index contributed by atoms with van der Waals surface area (Å²) in [5.41, 5.74) is 0. The molecule has 1 aliphatic heterocycles. The molecule has 0 bridgehead atoms. The number of allylic oxidation sites excluding steroid dienone is 2. The molecule has 1 rings (SSSR count). The van der Waals surface area contributed by atoms with Crippen LogP contribution in [0.15, 0.2) is 17.1 Å². The van der Waals surface area contributed by atoms with Gasteiger partial charge in [0.1, 0.15) is 31.5 Å². The highest BCUT2D eigenvalue weighted by Crippen LogP contribution is 2.20. The molecule has 1 heterocycles. The minimum Gasteiger partial charge on any atom is -0.390 e. The molecule has 0 aromatic rings. The third-order valence-corrected chi connectivity index (χ3v) is 7.43. The van der Waals surface area contributed by atoms with Crippen LogP contribution >= 0.6 is 0 Å². The summed E-state index contributed by atoms with van der Waals surface area (Å²) >= 11 is 0. The molecule has 2 atom stereocenters. The third-order valence-electron chi connectivity index (χ3n) is 6.63. The molecule has 0 saturated heterocycles. The van der Waals surface area contributed by atoms with Crippen LogP contribution in [0, 0.1) is 0 Å². The molecule has 0 spiro atoms. The molecule has 0 radical (unpaired) electrons. The van der Waals surface area contributed by atoms with Gasteiger partial charge in [-0.3, -0.25) is 13.8 Å². The van der Waals surface area contributed by atoms with Gasteiger partial charge in [-0.1, -0.05) is 76.9 Å². The van der Waals surface area contributed by atoms with Crippen LogP contribution in [-0.2, 0) is 14.9 Å². The quantitative estimate of drug-likeness (QED) is 0.0861. The lowest BCUT2D eigenvalue weighted by molar-refractivity contribution is -0.837. The molecule has 0 fully saturated rings. The van der Waals surface area contributed by atoms with E-state index in [-0.39, 0.29) is 30.0 Å². The highest BCUT2D eigenvalue weighted by molar-refractivity contribution is 7.85. The van der Waals surface area contributed by atoms with E-state index in [0.717, 1.165) is 19.3 Å². The number of hydrogen-bond acceptors (Lipinski definition) is 6. The molecule has 0 saturated carbocycles. The van der Waals surface area contributed by atoms with Crippen LogP contribution < -0.4 is 0 Å². The van der Waals surface area contributed by atoms with Crippen molar-refractivity contribution in [3.05, 3.63) is 12.2 Å². The molecule has 0 aliphatic carbocycles. The fourth-order valence-electron chi connectivity index (χ4n) is 4.81. The fraction of sp³-hybridized carbons (Fsp3) is 0.846. The number of amidine groups is 1. The fourth-order valence-corrected chi connectivity index (χ4v) is 5.40. The average molecular weight is 518 g/mol. The SMILES string of the molecule is CCC/C=C/CCCCCCCCCCCCC(=O)C1=NCC[N+]1(CCO)CC(O)CS(=O)(=O)O. The maximum Gasteiger partial charge on any atom is 0.267 e. The van der Waals surface area contributed by atoms with E-state index in [1.165, 1.54) is 64.2 Å². The number of unbranched alkanes of at least 4 members (excludes halogenated alkanes) is 11. The summed E-state index contributed by atoms with van der Waals surface area (Å²) in [6.07, 6.45) is 19.0. The van der Waals surface area contributed by atoms with Crippen LogP contribution in [0.1, 0.15) is 96.8 Å². The van der Waals surface area contributed by atoms with Crippen molar-refractivity contribution in [1.29, 1.82) is 0 Å². The lowest BCUT2D eigenvalue weighted by atomic mass is 10.0. The second-order valence-corrected chi connectivity index (χ2v) is 11.4. The Kier molecular flexibility index (Phi) is 16.6. The van der Waals surface area contributed by atoms with Crippen molar-refractivity contribution in [2.45, 2.75) is 103 Å². The van der Waals surface area contributed by atoms with E-state index in [1.54, 1.807) is 0 Å².